The standard InChI is InChI=1S/C18H24ClN3O4S.C11H11Cl2NO3S.C7H14N2O/c1-18(2,3)17-20-14-5-4-13(19)16(15(14)26-17)27(23,24)22-7-6-21-8-9-25-11-12(21)10-22;1-11(2,3)10-14-7-5-4-6(12)9(8(7)17-10)18(13,15)16;1-2-9-3-4-10-6-7(9)5-8-1/h4-5,12H,6-11H2,1-3H3;4-5H,1-3H3;7-8H,1-6H2. The maximum atomic E-state index is 13.4. The second kappa shape index (κ2) is 16.6. The number of morpholine rings is 2. The molecule has 0 bridgehead atoms. The molecule has 14 nitrogen and oxygen atoms in total. The van der Waals surface area contributed by atoms with Gasteiger partial charge in [0.2, 0.25) is 21.8 Å². The van der Waals surface area contributed by atoms with Crippen molar-refractivity contribution in [1.82, 2.24) is 29.4 Å². The summed E-state index contributed by atoms with van der Waals surface area (Å²) >= 11 is 12.2. The first kappa shape index (κ1) is 42.5. The van der Waals surface area contributed by atoms with E-state index in [0.29, 0.717) is 61.7 Å². The van der Waals surface area contributed by atoms with Gasteiger partial charge in [-0.1, -0.05) is 64.7 Å². The summed E-state index contributed by atoms with van der Waals surface area (Å²) in [6.07, 6.45) is 0. The van der Waals surface area contributed by atoms with Gasteiger partial charge in [0.05, 0.1) is 36.5 Å². The molecule has 6 heterocycles. The lowest BCUT2D eigenvalue weighted by Gasteiger charge is -2.43. The van der Waals surface area contributed by atoms with E-state index in [9.17, 15) is 16.8 Å². The molecule has 8 rings (SSSR count). The highest BCUT2D eigenvalue weighted by Gasteiger charge is 2.39. The molecule has 0 aliphatic carbocycles. The van der Waals surface area contributed by atoms with Gasteiger partial charge in [0.1, 0.15) is 20.8 Å². The van der Waals surface area contributed by atoms with Gasteiger partial charge < -0.3 is 23.6 Å². The van der Waals surface area contributed by atoms with Gasteiger partial charge in [0, 0.05) is 86.0 Å². The van der Waals surface area contributed by atoms with Crippen molar-refractivity contribution in [2.45, 2.75) is 74.2 Å². The number of rotatable bonds is 3. The fraction of sp³-hybridized carbons (Fsp3) is 0.611. The molecule has 0 saturated carbocycles. The number of nitrogens with zero attached hydrogens (tertiary/aromatic N) is 5. The Hall–Kier alpha value is -2.09. The third-order valence-corrected chi connectivity index (χ3v) is 13.9. The average Bonchev–Trinajstić information content (AvgIpc) is 3.77. The normalized spacial score (nSPS) is 22.0. The molecule has 0 amide bonds. The third-order valence-electron chi connectivity index (χ3n) is 9.76. The molecule has 4 fully saturated rings. The minimum absolute atomic E-state index is 0.00912. The van der Waals surface area contributed by atoms with Crippen LogP contribution in [0.15, 0.2) is 42.9 Å². The van der Waals surface area contributed by atoms with Gasteiger partial charge in [-0.25, -0.2) is 26.8 Å². The van der Waals surface area contributed by atoms with Gasteiger partial charge in [-0.3, -0.25) is 9.80 Å². The summed E-state index contributed by atoms with van der Waals surface area (Å²) in [5.74, 6) is 0.919. The van der Waals surface area contributed by atoms with Crippen LogP contribution in [0.25, 0.3) is 22.2 Å². The fourth-order valence-electron chi connectivity index (χ4n) is 6.73. The average molecular weight is 864 g/mol. The summed E-state index contributed by atoms with van der Waals surface area (Å²) in [7, 11) is -2.44. The van der Waals surface area contributed by atoms with Crippen LogP contribution in [0, 0.1) is 0 Å². The monoisotopic (exact) mass is 862 g/mol. The van der Waals surface area contributed by atoms with Crippen LogP contribution in [0.3, 0.4) is 0 Å². The van der Waals surface area contributed by atoms with E-state index in [2.05, 4.69) is 25.1 Å². The Morgan fingerprint density at radius 3 is 1.75 bits per heavy atom. The number of hydrogen-bond donors (Lipinski definition) is 1. The van der Waals surface area contributed by atoms with Gasteiger partial charge in [-0.2, -0.15) is 4.31 Å². The number of oxazole rings is 2. The molecule has 2 aromatic carbocycles. The second-order valence-electron chi connectivity index (χ2n) is 16.0. The maximum absolute atomic E-state index is 13.4. The van der Waals surface area contributed by atoms with E-state index in [1.807, 2.05) is 41.5 Å². The van der Waals surface area contributed by atoms with Crippen LogP contribution in [0.5, 0.6) is 0 Å². The third kappa shape index (κ3) is 9.62. The van der Waals surface area contributed by atoms with Crippen molar-refractivity contribution in [1.29, 1.82) is 0 Å². The summed E-state index contributed by atoms with van der Waals surface area (Å²) in [6, 6.07) is 7.03. The molecule has 4 saturated heterocycles. The lowest BCUT2D eigenvalue weighted by atomic mass is 9.97. The Morgan fingerprint density at radius 1 is 0.709 bits per heavy atom. The van der Waals surface area contributed by atoms with Gasteiger partial charge in [0.15, 0.2) is 11.2 Å². The van der Waals surface area contributed by atoms with Crippen LogP contribution in [0.4, 0.5) is 0 Å². The van der Waals surface area contributed by atoms with E-state index >= 15 is 0 Å². The number of sulfonamides is 1. The Kier molecular flexibility index (Phi) is 12.9. The molecule has 4 aliphatic heterocycles. The van der Waals surface area contributed by atoms with Crippen LogP contribution in [-0.2, 0) is 39.4 Å². The van der Waals surface area contributed by atoms with Crippen molar-refractivity contribution in [3.05, 3.63) is 46.1 Å². The molecule has 2 unspecified atom stereocenters. The lowest BCUT2D eigenvalue weighted by molar-refractivity contribution is -0.0304. The second-order valence-corrected chi connectivity index (χ2v) is 21.2. The van der Waals surface area contributed by atoms with Gasteiger partial charge in [-0.05, 0) is 24.3 Å². The highest BCUT2D eigenvalue weighted by molar-refractivity contribution is 8.14. The minimum atomic E-state index is -3.99. The smallest absolute Gasteiger partial charge is 0.266 e. The SMILES string of the molecule is C1CN2CCOCC2CN1.CC(C)(C)c1nc2ccc(Cl)c(S(=O)(=O)Cl)c2o1.CC(C)(C)c1nc2ccc(Cl)c(S(=O)(=O)N3CCN4CCOCC4C3)c2o1. The predicted molar refractivity (Wildman–Crippen MR) is 212 cm³/mol. The van der Waals surface area contributed by atoms with Gasteiger partial charge in [-0.15, -0.1) is 0 Å². The molecule has 2 aromatic heterocycles. The topological polar surface area (TPSA) is 161 Å². The van der Waals surface area contributed by atoms with Crippen molar-refractivity contribution in [3.63, 3.8) is 0 Å². The number of hydrogen-bond acceptors (Lipinski definition) is 13. The zero-order chi connectivity index (χ0) is 39.9. The highest BCUT2D eigenvalue weighted by Crippen LogP contribution is 2.37. The number of halogens is 3. The Balaban J connectivity index is 0.000000157. The van der Waals surface area contributed by atoms with Crippen molar-refractivity contribution >= 4 is 75.2 Å². The molecule has 55 heavy (non-hydrogen) atoms. The molecule has 4 aromatic rings. The van der Waals surface area contributed by atoms with E-state index in [0.717, 1.165) is 39.4 Å². The van der Waals surface area contributed by atoms with E-state index in [1.165, 1.54) is 16.9 Å². The lowest BCUT2D eigenvalue weighted by Crippen LogP contribution is -2.59. The Labute approximate surface area is 337 Å². The van der Waals surface area contributed by atoms with Crippen LogP contribution < -0.4 is 5.32 Å². The van der Waals surface area contributed by atoms with Crippen LogP contribution in [-0.4, -0.2) is 132 Å². The summed E-state index contributed by atoms with van der Waals surface area (Å²) in [4.78, 5) is 13.3. The fourth-order valence-corrected chi connectivity index (χ4v) is 10.5. The van der Waals surface area contributed by atoms with Crippen molar-refractivity contribution in [2.75, 3.05) is 78.8 Å². The molecule has 4 aliphatic rings. The van der Waals surface area contributed by atoms with E-state index < -0.39 is 19.1 Å². The van der Waals surface area contributed by atoms with Crippen molar-refractivity contribution in [2.24, 2.45) is 0 Å². The molecule has 19 heteroatoms. The number of benzene rings is 2. The largest absolute Gasteiger partial charge is 0.439 e. The Bertz CT molecular complexity index is 2190. The summed E-state index contributed by atoms with van der Waals surface area (Å²) in [6.45, 7) is 21.7. The van der Waals surface area contributed by atoms with Gasteiger partial charge >= 0.3 is 0 Å². The van der Waals surface area contributed by atoms with Crippen molar-refractivity contribution in [3.8, 4) is 0 Å². The van der Waals surface area contributed by atoms with Crippen LogP contribution >= 0.6 is 33.9 Å². The first-order chi connectivity index (χ1) is 25.7. The number of fused-ring (bicyclic) bond motifs is 4. The molecule has 1 N–H and O–H groups in total. The molecule has 0 radical (unpaired) electrons. The maximum Gasteiger partial charge on any atom is 0.266 e. The first-order valence-corrected chi connectivity index (χ1v) is 22.7. The molecule has 2 atom stereocenters. The molecular formula is C36H49Cl3N6O8S2. The number of aromatic nitrogens is 2. The van der Waals surface area contributed by atoms with E-state index in [1.54, 1.807) is 18.2 Å². The Morgan fingerprint density at radius 2 is 1.22 bits per heavy atom. The van der Waals surface area contributed by atoms with Crippen molar-refractivity contribution < 1.29 is 35.1 Å². The van der Waals surface area contributed by atoms with Gasteiger partial charge in [0.25, 0.3) is 9.05 Å². The summed E-state index contributed by atoms with van der Waals surface area (Å²) < 4.78 is 73.7. The van der Waals surface area contributed by atoms with Crippen LogP contribution in [0.2, 0.25) is 10.0 Å². The van der Waals surface area contributed by atoms with E-state index in [4.69, 9.17) is 52.2 Å². The summed E-state index contributed by atoms with van der Waals surface area (Å²) in [5, 5.41) is 3.54. The molecule has 0 spiro atoms. The number of nitrogens with one attached hydrogen (secondary N) is 1. The zero-order valence-electron chi connectivity index (χ0n) is 31.9. The zero-order valence-corrected chi connectivity index (χ0v) is 35.8. The molecular weight excluding hydrogens is 815 g/mol. The first-order valence-electron chi connectivity index (χ1n) is 18.2. The quantitative estimate of drug-likeness (QED) is 0.258. The van der Waals surface area contributed by atoms with E-state index in [-0.39, 0.29) is 47.9 Å². The van der Waals surface area contributed by atoms with Crippen LogP contribution in [0.1, 0.15) is 53.3 Å². The predicted octanol–water partition coefficient (Wildman–Crippen LogP) is 5.48. The highest BCUT2D eigenvalue weighted by atomic mass is 35.7. The minimum Gasteiger partial charge on any atom is -0.439 e. The molecule has 304 valence electrons. The summed E-state index contributed by atoms with van der Waals surface area (Å²) in [5.41, 5.74) is 0.583. The number of ether oxygens (including phenoxy) is 2. The number of piperazine rings is 2.